The molecule has 6 nitrogen and oxygen atoms in total. The van der Waals surface area contributed by atoms with Gasteiger partial charge in [-0.25, -0.2) is 4.79 Å². The van der Waals surface area contributed by atoms with Gasteiger partial charge in [-0.15, -0.1) is 0 Å². The number of urea groups is 1. The Labute approximate surface area is 146 Å². The molecule has 0 radical (unpaired) electrons. The minimum Gasteiger partial charge on any atom is -0.366 e. The lowest BCUT2D eigenvalue weighted by molar-refractivity contribution is -0.139. The van der Waals surface area contributed by atoms with Gasteiger partial charge in [0.2, 0.25) is 5.91 Å². The Morgan fingerprint density at radius 1 is 1.40 bits per heavy atom. The number of carbonyl (C=O) groups excluding carboxylic acids is 2. The number of fused-ring (bicyclic) bond motifs is 1. The van der Waals surface area contributed by atoms with Crippen LogP contribution in [0.3, 0.4) is 0 Å². The van der Waals surface area contributed by atoms with E-state index in [9.17, 15) is 22.8 Å². The highest BCUT2D eigenvalue weighted by molar-refractivity contribution is 6.31. The molecule has 0 aliphatic carbocycles. The van der Waals surface area contributed by atoms with E-state index in [-0.39, 0.29) is 36.2 Å². The minimum absolute atomic E-state index is 0.0230. The highest BCUT2D eigenvalue weighted by Crippen LogP contribution is 2.36. The lowest BCUT2D eigenvalue weighted by Gasteiger charge is -2.41. The van der Waals surface area contributed by atoms with Crippen molar-refractivity contribution in [2.75, 3.05) is 25.0 Å². The number of ether oxygens (including phenoxy) is 1. The zero-order chi connectivity index (χ0) is 18.2. The van der Waals surface area contributed by atoms with Gasteiger partial charge in [0.1, 0.15) is 6.61 Å². The van der Waals surface area contributed by atoms with E-state index in [0.717, 1.165) is 18.2 Å². The van der Waals surface area contributed by atoms with E-state index in [1.165, 1.54) is 4.90 Å². The van der Waals surface area contributed by atoms with Crippen LogP contribution in [0.4, 0.5) is 23.7 Å². The molecule has 2 N–H and O–H groups in total. The zero-order valence-corrected chi connectivity index (χ0v) is 13.7. The quantitative estimate of drug-likeness (QED) is 0.790. The van der Waals surface area contributed by atoms with E-state index in [1.807, 2.05) is 0 Å². The molecule has 2 atom stereocenters. The number of anilines is 1. The lowest BCUT2D eigenvalue weighted by Crippen LogP contribution is -2.61. The fourth-order valence-electron chi connectivity index (χ4n) is 2.95. The van der Waals surface area contributed by atoms with Crippen LogP contribution in [0.5, 0.6) is 0 Å². The molecule has 25 heavy (non-hydrogen) atoms. The van der Waals surface area contributed by atoms with Crippen molar-refractivity contribution in [1.82, 2.24) is 10.2 Å². The average Bonchev–Trinajstić information content (AvgIpc) is 2.53. The van der Waals surface area contributed by atoms with Gasteiger partial charge in [-0.05, 0) is 24.6 Å². The van der Waals surface area contributed by atoms with Crippen LogP contribution in [-0.2, 0) is 15.7 Å². The molecule has 0 aromatic heterocycles. The number of nitrogens with one attached hydrogen (secondary N) is 2. The summed E-state index contributed by atoms with van der Waals surface area (Å²) in [6, 6.07) is 1.92. The Bertz CT molecular complexity index is 698. The van der Waals surface area contributed by atoms with Crippen LogP contribution >= 0.6 is 11.6 Å². The number of carbonyl (C=O) groups is 2. The molecule has 2 aliphatic heterocycles. The molecule has 136 valence electrons. The summed E-state index contributed by atoms with van der Waals surface area (Å²) in [7, 11) is 0. The molecular weight excluding hydrogens is 363 g/mol. The summed E-state index contributed by atoms with van der Waals surface area (Å²) in [6.07, 6.45) is -4.33. The van der Waals surface area contributed by atoms with Gasteiger partial charge in [0.25, 0.3) is 0 Å². The second-order valence-electron chi connectivity index (χ2n) is 5.88. The van der Waals surface area contributed by atoms with Crippen LogP contribution in [0.1, 0.15) is 12.0 Å². The predicted octanol–water partition coefficient (Wildman–Crippen LogP) is 2.48. The zero-order valence-electron chi connectivity index (χ0n) is 12.9. The van der Waals surface area contributed by atoms with Crippen LogP contribution in [-0.4, -0.2) is 48.7 Å². The third-order valence-electron chi connectivity index (χ3n) is 4.14. The molecule has 10 heteroatoms. The number of morpholine rings is 1. The van der Waals surface area contributed by atoms with Crippen LogP contribution in [0, 0.1) is 0 Å². The van der Waals surface area contributed by atoms with Gasteiger partial charge < -0.3 is 20.3 Å². The number of hydrogen-bond donors (Lipinski definition) is 2. The Kier molecular flexibility index (Phi) is 4.79. The van der Waals surface area contributed by atoms with Crippen LogP contribution in [0.15, 0.2) is 18.2 Å². The summed E-state index contributed by atoms with van der Waals surface area (Å²) in [5.41, 5.74) is -1.38. The first-order valence-corrected chi connectivity index (χ1v) is 7.95. The molecule has 0 unspecified atom stereocenters. The SMILES string of the molecule is O=C1CO[C@H]2CCN(C(=O)Nc3cc(Cl)ccc3C(F)(F)F)C[C@@H]2N1. The standard InChI is InChI=1S/C15H15ClF3N3O3/c16-8-1-2-9(15(17,18)19)10(5-8)21-14(24)22-4-3-12-11(6-22)20-13(23)7-25-12/h1-2,5,11-12H,3-4,6-7H2,(H,20,23)(H,21,24)/t11-,12-/m0/s1. The molecule has 1 aromatic rings. The third-order valence-corrected chi connectivity index (χ3v) is 4.38. The minimum atomic E-state index is -4.62. The van der Waals surface area contributed by atoms with E-state index in [1.54, 1.807) is 0 Å². The molecular formula is C15H15ClF3N3O3. The van der Waals surface area contributed by atoms with E-state index in [0.29, 0.717) is 13.0 Å². The fourth-order valence-corrected chi connectivity index (χ4v) is 3.12. The van der Waals surface area contributed by atoms with Gasteiger partial charge in [-0.2, -0.15) is 13.2 Å². The molecule has 2 heterocycles. The molecule has 0 spiro atoms. The van der Waals surface area contributed by atoms with Crippen LogP contribution < -0.4 is 10.6 Å². The van der Waals surface area contributed by atoms with Gasteiger partial charge in [0, 0.05) is 18.1 Å². The molecule has 1 aromatic carbocycles. The fraction of sp³-hybridized carbons (Fsp3) is 0.467. The highest BCUT2D eigenvalue weighted by Gasteiger charge is 2.38. The number of halogens is 4. The van der Waals surface area contributed by atoms with Gasteiger partial charge >= 0.3 is 12.2 Å². The van der Waals surface area contributed by atoms with Gasteiger partial charge in [0.15, 0.2) is 0 Å². The maximum atomic E-state index is 13.1. The molecule has 3 rings (SSSR count). The predicted molar refractivity (Wildman–Crippen MR) is 83.3 cm³/mol. The van der Waals surface area contributed by atoms with Gasteiger partial charge in [-0.3, -0.25) is 4.79 Å². The number of rotatable bonds is 1. The van der Waals surface area contributed by atoms with E-state index in [2.05, 4.69) is 10.6 Å². The molecule has 2 saturated heterocycles. The second kappa shape index (κ2) is 6.72. The number of nitrogens with zero attached hydrogens (tertiary/aromatic N) is 1. The van der Waals surface area contributed by atoms with Crippen molar-refractivity contribution in [2.24, 2.45) is 0 Å². The molecule has 2 fully saturated rings. The van der Waals surface area contributed by atoms with E-state index < -0.39 is 23.5 Å². The maximum Gasteiger partial charge on any atom is 0.418 e. The van der Waals surface area contributed by atoms with Crippen molar-refractivity contribution in [3.8, 4) is 0 Å². The average molecular weight is 378 g/mol. The van der Waals surface area contributed by atoms with E-state index in [4.69, 9.17) is 16.3 Å². The third kappa shape index (κ3) is 3.98. The number of alkyl halides is 3. The normalized spacial score (nSPS) is 23.7. The van der Waals surface area contributed by atoms with Gasteiger partial charge in [0.05, 0.1) is 23.4 Å². The topological polar surface area (TPSA) is 70.7 Å². The summed E-state index contributed by atoms with van der Waals surface area (Å²) in [4.78, 5) is 25.1. The highest BCUT2D eigenvalue weighted by atomic mass is 35.5. The molecule has 3 amide bonds. The largest absolute Gasteiger partial charge is 0.418 e. The summed E-state index contributed by atoms with van der Waals surface area (Å²) >= 11 is 5.75. The second-order valence-corrected chi connectivity index (χ2v) is 6.31. The summed E-state index contributed by atoms with van der Waals surface area (Å²) in [6.45, 7) is 0.444. The van der Waals surface area contributed by atoms with Crippen LogP contribution in [0.25, 0.3) is 0 Å². The Hall–Kier alpha value is -2.00. The van der Waals surface area contributed by atoms with Crippen LogP contribution in [0.2, 0.25) is 5.02 Å². The van der Waals surface area contributed by atoms with Gasteiger partial charge in [-0.1, -0.05) is 11.6 Å². The Balaban J connectivity index is 1.72. The number of likely N-dealkylation sites (tertiary alicyclic amines) is 1. The first-order valence-electron chi connectivity index (χ1n) is 7.57. The maximum absolute atomic E-state index is 13.1. The first-order chi connectivity index (χ1) is 11.7. The van der Waals surface area contributed by atoms with Crippen molar-refractivity contribution < 1.29 is 27.5 Å². The number of piperidine rings is 1. The van der Waals surface area contributed by atoms with Crippen molar-refractivity contribution in [2.45, 2.75) is 24.7 Å². The molecule has 0 bridgehead atoms. The van der Waals surface area contributed by atoms with Crippen molar-refractivity contribution in [1.29, 1.82) is 0 Å². The molecule has 2 aliphatic rings. The smallest absolute Gasteiger partial charge is 0.366 e. The van der Waals surface area contributed by atoms with Crippen molar-refractivity contribution in [3.63, 3.8) is 0 Å². The van der Waals surface area contributed by atoms with Crippen molar-refractivity contribution >= 4 is 29.2 Å². The summed E-state index contributed by atoms with van der Waals surface area (Å²) in [5, 5.41) is 5.07. The summed E-state index contributed by atoms with van der Waals surface area (Å²) in [5.74, 6) is -0.280. The first kappa shape index (κ1) is 17.8. The Morgan fingerprint density at radius 3 is 2.88 bits per heavy atom. The van der Waals surface area contributed by atoms with Crippen molar-refractivity contribution in [3.05, 3.63) is 28.8 Å². The number of amides is 3. The number of hydrogen-bond acceptors (Lipinski definition) is 3. The lowest BCUT2D eigenvalue weighted by atomic mass is 10.0. The monoisotopic (exact) mass is 377 g/mol. The van der Waals surface area contributed by atoms with E-state index >= 15 is 0 Å². The number of benzene rings is 1. The summed E-state index contributed by atoms with van der Waals surface area (Å²) < 4.78 is 44.6. The Morgan fingerprint density at radius 2 is 2.16 bits per heavy atom. The molecule has 0 saturated carbocycles.